The first-order chi connectivity index (χ1) is 6.84. The highest BCUT2D eigenvalue weighted by Gasteiger charge is 2.15. The summed E-state index contributed by atoms with van der Waals surface area (Å²) in [5.41, 5.74) is 0. The average Bonchev–Trinajstić information content (AvgIpc) is 2.43. The minimum Gasteiger partial charge on any atom is -0.426 e. The molecule has 14 heavy (non-hydrogen) atoms. The smallest absolute Gasteiger partial charge is 0.216 e. The Bertz CT molecular complexity index is 277. The van der Waals surface area contributed by atoms with Gasteiger partial charge in [-0.05, 0) is 38.3 Å². The topological polar surface area (TPSA) is 51.0 Å². The Hall–Kier alpha value is -0.900. The zero-order chi connectivity index (χ0) is 9.80. The highest BCUT2D eigenvalue weighted by atomic mass is 16.4. The molecule has 2 rings (SSSR count). The van der Waals surface area contributed by atoms with Crippen LogP contribution in [0.15, 0.2) is 4.42 Å². The summed E-state index contributed by atoms with van der Waals surface area (Å²) in [5, 5.41) is 11.3. The van der Waals surface area contributed by atoms with Crippen LogP contribution in [0.5, 0.6) is 0 Å². The van der Waals surface area contributed by atoms with Crippen LogP contribution in [0.1, 0.15) is 31.0 Å². The van der Waals surface area contributed by atoms with Crippen LogP contribution < -0.4 is 5.32 Å². The van der Waals surface area contributed by atoms with Gasteiger partial charge in [-0.3, -0.25) is 0 Å². The molecule has 1 unspecified atom stereocenters. The molecule has 78 valence electrons. The zero-order valence-electron chi connectivity index (χ0n) is 8.62. The van der Waals surface area contributed by atoms with E-state index in [0.717, 1.165) is 25.4 Å². The molecular formula is C10H17N3O. The number of aryl methyl sites for hydroxylation is 1. The Balaban J connectivity index is 1.89. The zero-order valence-corrected chi connectivity index (χ0v) is 8.62. The molecule has 0 saturated carbocycles. The van der Waals surface area contributed by atoms with Gasteiger partial charge in [0.15, 0.2) is 0 Å². The molecule has 4 nitrogen and oxygen atoms in total. The Morgan fingerprint density at radius 1 is 1.36 bits per heavy atom. The van der Waals surface area contributed by atoms with E-state index < -0.39 is 0 Å². The van der Waals surface area contributed by atoms with Gasteiger partial charge in [0.2, 0.25) is 11.8 Å². The lowest BCUT2D eigenvalue weighted by Gasteiger charge is -2.09. The third kappa shape index (κ3) is 2.54. The van der Waals surface area contributed by atoms with Crippen LogP contribution in [0.2, 0.25) is 0 Å². The SMILES string of the molecule is Cc1nnc(CC2CCCNCC2)o1. The molecule has 1 N–H and O–H groups in total. The second-order valence-electron chi connectivity index (χ2n) is 3.97. The van der Waals surface area contributed by atoms with Gasteiger partial charge < -0.3 is 9.73 Å². The summed E-state index contributed by atoms with van der Waals surface area (Å²) >= 11 is 0. The van der Waals surface area contributed by atoms with Crippen LogP contribution in [0.25, 0.3) is 0 Å². The first kappa shape index (κ1) is 9.65. The van der Waals surface area contributed by atoms with E-state index in [1.165, 1.54) is 19.3 Å². The van der Waals surface area contributed by atoms with Gasteiger partial charge in [0.05, 0.1) is 0 Å². The molecule has 1 saturated heterocycles. The lowest BCUT2D eigenvalue weighted by atomic mass is 9.97. The number of aromatic nitrogens is 2. The van der Waals surface area contributed by atoms with Gasteiger partial charge in [0, 0.05) is 13.3 Å². The molecule has 1 aliphatic heterocycles. The predicted molar refractivity (Wildman–Crippen MR) is 52.9 cm³/mol. The van der Waals surface area contributed by atoms with Crippen molar-refractivity contribution in [3.8, 4) is 0 Å². The van der Waals surface area contributed by atoms with Gasteiger partial charge in [-0.1, -0.05) is 0 Å². The fraction of sp³-hybridized carbons (Fsp3) is 0.800. The van der Waals surface area contributed by atoms with Gasteiger partial charge in [-0.25, -0.2) is 0 Å². The summed E-state index contributed by atoms with van der Waals surface area (Å²) in [7, 11) is 0. The van der Waals surface area contributed by atoms with Crippen molar-refractivity contribution < 1.29 is 4.42 Å². The minimum atomic E-state index is 0.673. The summed E-state index contributed by atoms with van der Waals surface area (Å²) in [6, 6.07) is 0. The van der Waals surface area contributed by atoms with Gasteiger partial charge in [-0.2, -0.15) is 0 Å². The maximum atomic E-state index is 5.38. The second kappa shape index (κ2) is 4.55. The van der Waals surface area contributed by atoms with E-state index in [4.69, 9.17) is 4.42 Å². The Kier molecular flexibility index (Phi) is 3.14. The first-order valence-electron chi connectivity index (χ1n) is 5.34. The molecule has 0 bridgehead atoms. The maximum absolute atomic E-state index is 5.38. The van der Waals surface area contributed by atoms with E-state index in [-0.39, 0.29) is 0 Å². The van der Waals surface area contributed by atoms with E-state index in [9.17, 15) is 0 Å². The second-order valence-corrected chi connectivity index (χ2v) is 3.97. The van der Waals surface area contributed by atoms with E-state index in [1.807, 2.05) is 6.92 Å². The normalized spacial score (nSPS) is 23.4. The van der Waals surface area contributed by atoms with Crippen LogP contribution in [-0.2, 0) is 6.42 Å². The first-order valence-corrected chi connectivity index (χ1v) is 5.34. The summed E-state index contributed by atoms with van der Waals surface area (Å²) in [6.45, 7) is 4.11. The molecule has 0 amide bonds. The van der Waals surface area contributed by atoms with Crippen LogP contribution in [0, 0.1) is 12.8 Å². The van der Waals surface area contributed by atoms with E-state index in [2.05, 4.69) is 15.5 Å². The van der Waals surface area contributed by atoms with Gasteiger partial charge in [0.1, 0.15) is 0 Å². The van der Waals surface area contributed by atoms with Crippen LogP contribution >= 0.6 is 0 Å². The highest BCUT2D eigenvalue weighted by Crippen LogP contribution is 2.18. The van der Waals surface area contributed by atoms with E-state index in [0.29, 0.717) is 11.8 Å². The van der Waals surface area contributed by atoms with Crippen molar-refractivity contribution in [2.24, 2.45) is 5.92 Å². The number of hydrogen-bond donors (Lipinski definition) is 1. The van der Waals surface area contributed by atoms with Crippen molar-refractivity contribution in [2.45, 2.75) is 32.6 Å². The van der Waals surface area contributed by atoms with E-state index >= 15 is 0 Å². The number of nitrogens with one attached hydrogen (secondary N) is 1. The van der Waals surface area contributed by atoms with Crippen LogP contribution in [-0.4, -0.2) is 23.3 Å². The van der Waals surface area contributed by atoms with Gasteiger partial charge in [-0.15, -0.1) is 10.2 Å². The molecule has 0 radical (unpaired) electrons. The quantitative estimate of drug-likeness (QED) is 0.773. The molecule has 1 aromatic rings. The monoisotopic (exact) mass is 195 g/mol. The molecule has 0 aromatic carbocycles. The molecule has 1 atom stereocenters. The fourth-order valence-electron chi connectivity index (χ4n) is 1.96. The molecule has 0 spiro atoms. The standard InChI is InChI=1S/C10H17N3O/c1-8-12-13-10(14-8)7-9-3-2-5-11-6-4-9/h9,11H,2-7H2,1H3. The Morgan fingerprint density at radius 2 is 2.29 bits per heavy atom. The van der Waals surface area contributed by atoms with Crippen LogP contribution in [0.4, 0.5) is 0 Å². The summed E-state index contributed by atoms with van der Waals surface area (Å²) < 4.78 is 5.38. The molecule has 1 aliphatic rings. The van der Waals surface area contributed by atoms with E-state index in [1.54, 1.807) is 0 Å². The third-order valence-electron chi connectivity index (χ3n) is 2.73. The largest absolute Gasteiger partial charge is 0.426 e. The minimum absolute atomic E-state index is 0.673. The third-order valence-corrected chi connectivity index (χ3v) is 2.73. The molecular weight excluding hydrogens is 178 g/mol. The van der Waals surface area contributed by atoms with Crippen molar-refractivity contribution in [2.75, 3.05) is 13.1 Å². The lowest BCUT2D eigenvalue weighted by Crippen LogP contribution is -2.14. The van der Waals surface area contributed by atoms with Crippen molar-refractivity contribution in [1.82, 2.24) is 15.5 Å². The van der Waals surface area contributed by atoms with Crippen molar-refractivity contribution in [3.63, 3.8) is 0 Å². The number of hydrogen-bond acceptors (Lipinski definition) is 4. The highest BCUT2D eigenvalue weighted by molar-refractivity contribution is 4.83. The summed E-state index contributed by atoms with van der Waals surface area (Å²) in [5.74, 6) is 2.19. The fourth-order valence-corrected chi connectivity index (χ4v) is 1.96. The van der Waals surface area contributed by atoms with Crippen LogP contribution in [0.3, 0.4) is 0 Å². The average molecular weight is 195 g/mol. The molecule has 1 aromatic heterocycles. The van der Waals surface area contributed by atoms with Gasteiger partial charge in [0.25, 0.3) is 0 Å². The maximum Gasteiger partial charge on any atom is 0.216 e. The lowest BCUT2D eigenvalue weighted by molar-refractivity contribution is 0.391. The van der Waals surface area contributed by atoms with Crippen molar-refractivity contribution in [1.29, 1.82) is 0 Å². The molecule has 0 aliphatic carbocycles. The number of nitrogens with zero attached hydrogens (tertiary/aromatic N) is 2. The predicted octanol–water partition coefficient (Wildman–Crippen LogP) is 1.31. The summed E-state index contributed by atoms with van der Waals surface area (Å²) in [4.78, 5) is 0. The molecule has 4 heteroatoms. The molecule has 2 heterocycles. The summed E-state index contributed by atoms with van der Waals surface area (Å²) in [6.07, 6.45) is 4.70. The Morgan fingerprint density at radius 3 is 3.07 bits per heavy atom. The van der Waals surface area contributed by atoms with Crippen molar-refractivity contribution in [3.05, 3.63) is 11.8 Å². The van der Waals surface area contributed by atoms with Crippen molar-refractivity contribution >= 4 is 0 Å². The molecule has 1 fully saturated rings. The number of rotatable bonds is 2. The van der Waals surface area contributed by atoms with Gasteiger partial charge >= 0.3 is 0 Å². The Labute approximate surface area is 84.1 Å².